The molecular weight excluding hydrogens is 271 g/mol. The summed E-state index contributed by atoms with van der Waals surface area (Å²) in [6.07, 6.45) is 1.89. The summed E-state index contributed by atoms with van der Waals surface area (Å²) in [7, 11) is 2.71. The predicted octanol–water partition coefficient (Wildman–Crippen LogP) is 1.70. The second-order valence-electron chi connectivity index (χ2n) is 6.39. The summed E-state index contributed by atoms with van der Waals surface area (Å²) in [6, 6.07) is 1.87. The van der Waals surface area contributed by atoms with E-state index in [1.807, 2.05) is 40.8 Å². The number of hydrogen-bond donors (Lipinski definition) is 0. The highest BCUT2D eigenvalue weighted by atomic mass is 16.7. The van der Waals surface area contributed by atoms with Crippen LogP contribution in [0.3, 0.4) is 0 Å². The van der Waals surface area contributed by atoms with Crippen molar-refractivity contribution in [3.8, 4) is 0 Å². The lowest BCUT2D eigenvalue weighted by atomic mass is 9.68. The highest BCUT2D eigenvalue weighted by molar-refractivity contribution is 6.48. The number of esters is 1. The number of aryl methyl sites for hydroxylation is 1. The number of aromatic nitrogens is 2. The van der Waals surface area contributed by atoms with E-state index in [9.17, 15) is 4.79 Å². The van der Waals surface area contributed by atoms with Gasteiger partial charge in [0, 0.05) is 24.8 Å². The molecule has 0 bridgehead atoms. The standard InChI is InChI=1S/C14H23BN2O4/c1-13(2)14(3,4)21-15(20-13)10(9-12(18)19-6)11-7-8-16-17(11)5/h7-8,10H,9H2,1-6H3. The molecule has 21 heavy (non-hydrogen) atoms. The normalized spacial score (nSPS) is 21.3. The number of methoxy groups -OCH3 is 1. The van der Waals surface area contributed by atoms with Crippen LogP contribution in [0.1, 0.15) is 45.6 Å². The molecule has 1 unspecified atom stereocenters. The fraction of sp³-hybridized carbons (Fsp3) is 0.714. The number of carbonyl (C=O) groups is 1. The molecule has 116 valence electrons. The zero-order valence-electron chi connectivity index (χ0n) is 13.5. The van der Waals surface area contributed by atoms with Crippen LogP contribution in [0.5, 0.6) is 0 Å². The molecular formula is C14H23BN2O4. The van der Waals surface area contributed by atoms with Crippen LogP contribution in [0.25, 0.3) is 0 Å². The molecule has 1 aromatic heterocycles. The number of carbonyl (C=O) groups excluding carboxylic acids is 1. The Morgan fingerprint density at radius 3 is 2.38 bits per heavy atom. The number of ether oxygens (including phenoxy) is 1. The van der Waals surface area contributed by atoms with Gasteiger partial charge in [-0.05, 0) is 33.8 Å². The first-order valence-corrected chi connectivity index (χ1v) is 7.08. The first kappa shape index (κ1) is 16.0. The lowest BCUT2D eigenvalue weighted by Gasteiger charge is -2.32. The average molecular weight is 294 g/mol. The summed E-state index contributed by atoms with van der Waals surface area (Å²) in [5.74, 6) is -0.554. The zero-order chi connectivity index (χ0) is 15.8. The van der Waals surface area contributed by atoms with Crippen LogP contribution in [0.2, 0.25) is 0 Å². The fourth-order valence-electron chi connectivity index (χ4n) is 2.40. The van der Waals surface area contributed by atoms with E-state index < -0.39 is 18.3 Å². The quantitative estimate of drug-likeness (QED) is 0.624. The molecule has 0 N–H and O–H groups in total. The predicted molar refractivity (Wildman–Crippen MR) is 78.7 cm³/mol. The van der Waals surface area contributed by atoms with Crippen LogP contribution >= 0.6 is 0 Å². The van der Waals surface area contributed by atoms with E-state index in [0.717, 1.165) is 5.69 Å². The van der Waals surface area contributed by atoms with Crippen LogP contribution in [-0.2, 0) is 25.9 Å². The van der Waals surface area contributed by atoms with Gasteiger partial charge in [0.2, 0.25) is 0 Å². The molecule has 7 heteroatoms. The van der Waals surface area contributed by atoms with Crippen molar-refractivity contribution in [3.63, 3.8) is 0 Å². The monoisotopic (exact) mass is 294 g/mol. The topological polar surface area (TPSA) is 62.6 Å². The average Bonchev–Trinajstić information content (AvgIpc) is 2.88. The van der Waals surface area contributed by atoms with E-state index in [4.69, 9.17) is 14.0 Å². The molecule has 1 atom stereocenters. The maximum atomic E-state index is 11.7. The maximum absolute atomic E-state index is 11.7. The molecule has 2 rings (SSSR count). The van der Waals surface area contributed by atoms with Crippen molar-refractivity contribution >= 4 is 13.1 Å². The minimum atomic E-state index is -0.510. The third kappa shape index (κ3) is 2.99. The summed E-state index contributed by atoms with van der Waals surface area (Å²) in [6.45, 7) is 7.97. The molecule has 0 amide bonds. The third-order valence-corrected chi connectivity index (χ3v) is 4.45. The zero-order valence-corrected chi connectivity index (χ0v) is 13.5. The molecule has 0 aliphatic carbocycles. The number of rotatable bonds is 4. The Labute approximate surface area is 125 Å². The fourth-order valence-corrected chi connectivity index (χ4v) is 2.40. The van der Waals surface area contributed by atoms with Gasteiger partial charge in [0.05, 0.1) is 24.7 Å². The van der Waals surface area contributed by atoms with E-state index in [-0.39, 0.29) is 18.2 Å². The van der Waals surface area contributed by atoms with Crippen molar-refractivity contribution in [2.75, 3.05) is 7.11 Å². The molecule has 1 fully saturated rings. The first-order valence-electron chi connectivity index (χ1n) is 7.08. The van der Waals surface area contributed by atoms with Crippen LogP contribution in [-0.4, -0.2) is 41.2 Å². The Kier molecular flexibility index (Phi) is 4.17. The van der Waals surface area contributed by atoms with Gasteiger partial charge in [-0.25, -0.2) is 0 Å². The van der Waals surface area contributed by atoms with Crippen molar-refractivity contribution in [3.05, 3.63) is 18.0 Å². The highest BCUT2D eigenvalue weighted by Crippen LogP contribution is 2.41. The first-order chi connectivity index (χ1) is 9.68. The summed E-state index contributed by atoms with van der Waals surface area (Å²) in [5, 5.41) is 4.17. The van der Waals surface area contributed by atoms with Crippen molar-refractivity contribution in [1.82, 2.24) is 9.78 Å². The molecule has 1 aliphatic heterocycles. The minimum Gasteiger partial charge on any atom is -0.469 e. The summed E-state index contributed by atoms with van der Waals surface area (Å²) in [4.78, 5) is 11.7. The maximum Gasteiger partial charge on any atom is 0.468 e. The second-order valence-corrected chi connectivity index (χ2v) is 6.39. The second kappa shape index (κ2) is 5.46. The largest absolute Gasteiger partial charge is 0.469 e. The molecule has 0 radical (unpaired) electrons. The molecule has 0 aromatic carbocycles. The van der Waals surface area contributed by atoms with Crippen molar-refractivity contribution in [2.45, 2.75) is 51.1 Å². The van der Waals surface area contributed by atoms with Gasteiger partial charge in [-0.2, -0.15) is 5.10 Å². The highest BCUT2D eigenvalue weighted by Gasteiger charge is 2.54. The van der Waals surface area contributed by atoms with Gasteiger partial charge in [0.15, 0.2) is 0 Å². The van der Waals surface area contributed by atoms with E-state index in [1.54, 1.807) is 10.9 Å². The molecule has 1 aromatic rings. The van der Waals surface area contributed by atoms with Gasteiger partial charge in [-0.3, -0.25) is 9.48 Å². The van der Waals surface area contributed by atoms with E-state index in [0.29, 0.717) is 0 Å². The molecule has 0 saturated carbocycles. The lowest BCUT2D eigenvalue weighted by Crippen LogP contribution is -2.41. The van der Waals surface area contributed by atoms with Gasteiger partial charge < -0.3 is 14.0 Å². The molecule has 0 spiro atoms. The third-order valence-electron chi connectivity index (χ3n) is 4.45. The lowest BCUT2D eigenvalue weighted by molar-refractivity contribution is -0.140. The smallest absolute Gasteiger partial charge is 0.468 e. The Bertz CT molecular complexity index is 511. The number of hydrogen-bond acceptors (Lipinski definition) is 5. The van der Waals surface area contributed by atoms with Crippen molar-refractivity contribution < 1.29 is 18.8 Å². The molecule has 6 nitrogen and oxygen atoms in total. The van der Waals surface area contributed by atoms with E-state index >= 15 is 0 Å². The van der Waals surface area contributed by atoms with Crippen LogP contribution in [0.4, 0.5) is 0 Å². The van der Waals surface area contributed by atoms with E-state index in [2.05, 4.69) is 5.10 Å². The van der Waals surface area contributed by atoms with Gasteiger partial charge in [-0.1, -0.05) is 0 Å². The molecule has 1 saturated heterocycles. The Hall–Kier alpha value is -1.34. The number of nitrogens with zero attached hydrogens (tertiary/aromatic N) is 2. The van der Waals surface area contributed by atoms with Gasteiger partial charge in [-0.15, -0.1) is 0 Å². The molecule has 1 aliphatic rings. The van der Waals surface area contributed by atoms with Crippen molar-refractivity contribution in [2.24, 2.45) is 7.05 Å². The Morgan fingerprint density at radius 1 is 1.38 bits per heavy atom. The van der Waals surface area contributed by atoms with Crippen LogP contribution in [0.15, 0.2) is 12.3 Å². The van der Waals surface area contributed by atoms with Crippen LogP contribution in [0, 0.1) is 0 Å². The summed E-state index contributed by atoms with van der Waals surface area (Å²) >= 11 is 0. The summed E-state index contributed by atoms with van der Waals surface area (Å²) in [5.41, 5.74) is 0.00817. The Morgan fingerprint density at radius 2 is 1.95 bits per heavy atom. The van der Waals surface area contributed by atoms with Gasteiger partial charge >= 0.3 is 13.1 Å². The van der Waals surface area contributed by atoms with Crippen LogP contribution < -0.4 is 0 Å². The molecule has 2 heterocycles. The summed E-state index contributed by atoms with van der Waals surface area (Å²) < 4.78 is 18.7. The van der Waals surface area contributed by atoms with Crippen molar-refractivity contribution in [1.29, 1.82) is 0 Å². The van der Waals surface area contributed by atoms with Gasteiger partial charge in [0.25, 0.3) is 0 Å². The SMILES string of the molecule is COC(=O)CC(B1OC(C)(C)C(C)(C)O1)c1ccnn1C. The minimum absolute atomic E-state index is 0.187. The Balaban J connectivity index is 2.29. The van der Waals surface area contributed by atoms with E-state index in [1.165, 1.54) is 7.11 Å². The van der Waals surface area contributed by atoms with Gasteiger partial charge in [0.1, 0.15) is 0 Å².